The fraction of sp³-hybridized carbons (Fsp3) is 0.217. The number of rotatable bonds is 5. The van der Waals surface area contributed by atoms with Crippen LogP contribution in [0.4, 0.5) is 11.6 Å². The lowest BCUT2D eigenvalue weighted by Crippen LogP contribution is -2.30. The van der Waals surface area contributed by atoms with Crippen molar-refractivity contribution in [1.82, 2.24) is 9.97 Å². The predicted molar refractivity (Wildman–Crippen MR) is 119 cm³/mol. The molecule has 30 heavy (non-hydrogen) atoms. The van der Waals surface area contributed by atoms with E-state index in [1.165, 1.54) is 19.3 Å². The number of nitrogens with one attached hydrogen (secondary N) is 2. The Hall–Kier alpha value is -3.92. The summed E-state index contributed by atoms with van der Waals surface area (Å²) in [5, 5.41) is 13.6. The Balaban J connectivity index is 1.59. The van der Waals surface area contributed by atoms with E-state index in [2.05, 4.69) is 31.5 Å². The fourth-order valence-corrected chi connectivity index (χ4v) is 3.62. The first-order valence-corrected chi connectivity index (χ1v) is 9.99. The highest BCUT2D eigenvalue weighted by Gasteiger charge is 2.14. The number of hydrogen-bond acceptors (Lipinski definition) is 6. The second kappa shape index (κ2) is 9.05. The molecule has 7 heteroatoms. The van der Waals surface area contributed by atoms with E-state index < -0.39 is 5.56 Å². The van der Waals surface area contributed by atoms with Gasteiger partial charge in [-0.2, -0.15) is 10.4 Å². The molecule has 4 rings (SSSR count). The molecule has 0 unspecified atom stereocenters. The number of hydrazone groups is 1. The summed E-state index contributed by atoms with van der Waals surface area (Å²) in [7, 11) is 0. The van der Waals surface area contributed by atoms with Gasteiger partial charge in [-0.3, -0.25) is 9.78 Å². The van der Waals surface area contributed by atoms with Crippen molar-refractivity contribution in [2.24, 2.45) is 5.10 Å². The molecular weight excluding hydrogens is 376 g/mol. The lowest BCUT2D eigenvalue weighted by atomic mass is 10.1. The molecule has 150 valence electrons. The molecule has 1 aliphatic heterocycles. The first-order chi connectivity index (χ1) is 14.8. The molecule has 0 amide bonds. The van der Waals surface area contributed by atoms with Crippen molar-refractivity contribution >= 4 is 17.9 Å². The average molecular weight is 398 g/mol. The zero-order valence-corrected chi connectivity index (χ0v) is 16.5. The Morgan fingerprint density at radius 3 is 2.57 bits per heavy atom. The van der Waals surface area contributed by atoms with Crippen LogP contribution in [0.25, 0.3) is 11.3 Å². The summed E-state index contributed by atoms with van der Waals surface area (Å²) >= 11 is 0. The second-order valence-corrected chi connectivity index (χ2v) is 7.09. The number of para-hydroxylation sites is 1. The van der Waals surface area contributed by atoms with Crippen LogP contribution >= 0.6 is 0 Å². The molecule has 0 bridgehead atoms. The standard InChI is InChI=1S/C23H22N6O/c24-15-19-21(17-9-3-1-4-10-17)26-23(27-22(19)30)28-25-16-18-11-5-6-12-20(18)29-13-7-2-8-14-29/h1,3-6,9-12,16H,2,7-8,13-14H2,(H2,26,27,28,30). The van der Waals surface area contributed by atoms with E-state index in [1.54, 1.807) is 6.21 Å². The van der Waals surface area contributed by atoms with Crippen LogP contribution in [0.15, 0.2) is 64.5 Å². The molecule has 3 aromatic rings. The van der Waals surface area contributed by atoms with Gasteiger partial charge in [-0.05, 0) is 25.3 Å². The van der Waals surface area contributed by atoms with E-state index >= 15 is 0 Å². The number of anilines is 2. The topological polar surface area (TPSA) is 97.2 Å². The fourth-order valence-electron chi connectivity index (χ4n) is 3.62. The van der Waals surface area contributed by atoms with Crippen molar-refractivity contribution in [1.29, 1.82) is 5.26 Å². The third-order valence-corrected chi connectivity index (χ3v) is 5.09. The van der Waals surface area contributed by atoms with E-state index in [9.17, 15) is 10.1 Å². The molecule has 1 saturated heterocycles. The van der Waals surface area contributed by atoms with Crippen LogP contribution in [-0.4, -0.2) is 29.3 Å². The number of aromatic nitrogens is 2. The number of piperidine rings is 1. The maximum atomic E-state index is 12.3. The Morgan fingerprint density at radius 2 is 1.80 bits per heavy atom. The maximum Gasteiger partial charge on any atom is 0.270 e. The molecule has 1 fully saturated rings. The average Bonchev–Trinajstić information content (AvgIpc) is 2.80. The number of hydrogen-bond donors (Lipinski definition) is 2. The summed E-state index contributed by atoms with van der Waals surface area (Å²) in [6, 6.07) is 19.2. The zero-order valence-electron chi connectivity index (χ0n) is 16.5. The minimum absolute atomic E-state index is 0.0221. The summed E-state index contributed by atoms with van der Waals surface area (Å²) in [5.74, 6) is 0.185. The van der Waals surface area contributed by atoms with Gasteiger partial charge in [0.1, 0.15) is 11.6 Å². The summed E-state index contributed by atoms with van der Waals surface area (Å²) in [6.45, 7) is 2.09. The number of H-pyrrole nitrogens is 1. The number of benzene rings is 2. The number of nitriles is 1. The van der Waals surface area contributed by atoms with Gasteiger partial charge in [0.25, 0.3) is 5.56 Å². The molecule has 0 radical (unpaired) electrons. The zero-order chi connectivity index (χ0) is 20.8. The SMILES string of the molecule is N#Cc1c(-c2ccccc2)nc(NN=Cc2ccccc2N2CCCCC2)[nH]c1=O. The lowest BCUT2D eigenvalue weighted by Gasteiger charge is -2.29. The van der Waals surface area contributed by atoms with Crippen LogP contribution in [0.3, 0.4) is 0 Å². The summed E-state index contributed by atoms with van der Waals surface area (Å²) < 4.78 is 0. The van der Waals surface area contributed by atoms with E-state index in [0.717, 1.165) is 24.3 Å². The normalized spacial score (nSPS) is 13.9. The van der Waals surface area contributed by atoms with Crippen molar-refractivity contribution < 1.29 is 0 Å². The minimum atomic E-state index is -0.502. The first kappa shape index (κ1) is 19.4. The van der Waals surface area contributed by atoms with Gasteiger partial charge in [0, 0.05) is 29.9 Å². The molecule has 1 aromatic heterocycles. The van der Waals surface area contributed by atoms with Crippen LogP contribution in [0.1, 0.15) is 30.4 Å². The van der Waals surface area contributed by atoms with Gasteiger partial charge in [-0.25, -0.2) is 10.4 Å². The molecule has 2 N–H and O–H groups in total. The first-order valence-electron chi connectivity index (χ1n) is 9.99. The van der Waals surface area contributed by atoms with E-state index in [4.69, 9.17) is 0 Å². The molecule has 2 heterocycles. The van der Waals surface area contributed by atoms with Crippen molar-refractivity contribution in [3.63, 3.8) is 0 Å². The largest absolute Gasteiger partial charge is 0.371 e. The minimum Gasteiger partial charge on any atom is -0.371 e. The molecule has 1 aliphatic rings. The van der Waals surface area contributed by atoms with E-state index in [1.807, 2.05) is 54.6 Å². The molecule has 2 aromatic carbocycles. The summed E-state index contributed by atoms with van der Waals surface area (Å²) in [5.41, 5.74) is 5.44. The van der Waals surface area contributed by atoms with Crippen LogP contribution in [0.2, 0.25) is 0 Å². The predicted octanol–water partition coefficient (Wildman–Crippen LogP) is 3.74. The van der Waals surface area contributed by atoms with Gasteiger partial charge in [0.05, 0.1) is 11.9 Å². The molecule has 0 saturated carbocycles. The maximum absolute atomic E-state index is 12.3. The van der Waals surface area contributed by atoms with Crippen molar-refractivity contribution in [3.05, 3.63) is 76.1 Å². The van der Waals surface area contributed by atoms with Crippen LogP contribution in [0.5, 0.6) is 0 Å². The highest BCUT2D eigenvalue weighted by molar-refractivity contribution is 5.88. The van der Waals surface area contributed by atoms with Crippen LogP contribution < -0.4 is 15.9 Å². The van der Waals surface area contributed by atoms with E-state index in [0.29, 0.717) is 11.3 Å². The third kappa shape index (κ3) is 4.23. The van der Waals surface area contributed by atoms with Crippen molar-refractivity contribution in [2.75, 3.05) is 23.4 Å². The Labute approximate surface area is 174 Å². The van der Waals surface area contributed by atoms with Gasteiger partial charge in [-0.15, -0.1) is 0 Å². The molecule has 0 atom stereocenters. The number of aromatic amines is 1. The molecular formula is C23H22N6O. The third-order valence-electron chi connectivity index (χ3n) is 5.09. The van der Waals surface area contributed by atoms with Gasteiger partial charge in [0.2, 0.25) is 5.95 Å². The van der Waals surface area contributed by atoms with Gasteiger partial charge in [-0.1, -0.05) is 48.5 Å². The highest BCUT2D eigenvalue weighted by Crippen LogP contribution is 2.23. The quantitative estimate of drug-likeness (QED) is 0.504. The second-order valence-electron chi connectivity index (χ2n) is 7.09. The highest BCUT2D eigenvalue weighted by atomic mass is 16.1. The van der Waals surface area contributed by atoms with Crippen molar-refractivity contribution in [2.45, 2.75) is 19.3 Å². The summed E-state index contributed by atoms with van der Waals surface area (Å²) in [4.78, 5) is 21.7. The van der Waals surface area contributed by atoms with Crippen LogP contribution in [0, 0.1) is 11.3 Å². The molecule has 0 spiro atoms. The molecule has 7 nitrogen and oxygen atoms in total. The summed E-state index contributed by atoms with van der Waals surface area (Å²) in [6.07, 6.45) is 5.39. The van der Waals surface area contributed by atoms with Gasteiger partial charge >= 0.3 is 0 Å². The Bertz CT molecular complexity index is 1140. The number of nitrogens with zero attached hydrogens (tertiary/aromatic N) is 4. The van der Waals surface area contributed by atoms with Gasteiger partial charge in [0.15, 0.2) is 0 Å². The van der Waals surface area contributed by atoms with Gasteiger partial charge < -0.3 is 4.90 Å². The smallest absolute Gasteiger partial charge is 0.270 e. The lowest BCUT2D eigenvalue weighted by molar-refractivity contribution is 0.578. The Morgan fingerprint density at radius 1 is 1.07 bits per heavy atom. The Kier molecular flexibility index (Phi) is 5.85. The molecule has 0 aliphatic carbocycles. The van der Waals surface area contributed by atoms with E-state index in [-0.39, 0.29) is 11.5 Å². The monoisotopic (exact) mass is 398 g/mol. The van der Waals surface area contributed by atoms with Crippen LogP contribution in [-0.2, 0) is 0 Å². The van der Waals surface area contributed by atoms with Crippen molar-refractivity contribution in [3.8, 4) is 17.3 Å².